The molecule has 94 valence electrons. The average molecular weight is 251 g/mol. The lowest BCUT2D eigenvalue weighted by Crippen LogP contribution is -2.42. The van der Waals surface area contributed by atoms with E-state index in [0.29, 0.717) is 6.04 Å². The number of hydrogen-bond donors (Lipinski definition) is 2. The van der Waals surface area contributed by atoms with Crippen molar-refractivity contribution in [1.29, 1.82) is 0 Å². The Morgan fingerprint density at radius 1 is 1.18 bits per heavy atom. The molecule has 0 bridgehead atoms. The molecule has 2 nitrogen and oxygen atoms in total. The summed E-state index contributed by atoms with van der Waals surface area (Å²) in [5.74, 6) is 1.06. The molecule has 0 aromatic heterocycles. The van der Waals surface area contributed by atoms with Crippen LogP contribution in [0.3, 0.4) is 0 Å². The van der Waals surface area contributed by atoms with Crippen LogP contribution in [0.15, 0.2) is 35.2 Å². The number of aliphatic hydroxyl groups excluding tert-OH is 1. The van der Waals surface area contributed by atoms with Gasteiger partial charge in [0.1, 0.15) is 0 Å². The van der Waals surface area contributed by atoms with Crippen molar-refractivity contribution in [2.45, 2.75) is 42.7 Å². The normalized spacial score (nSPS) is 24.8. The van der Waals surface area contributed by atoms with E-state index in [0.717, 1.165) is 25.1 Å². The Balaban J connectivity index is 1.63. The number of thioether (sulfide) groups is 1. The molecule has 0 spiro atoms. The number of hydrogen-bond acceptors (Lipinski definition) is 3. The lowest BCUT2D eigenvalue weighted by molar-refractivity contribution is 0.0921. The molecule has 2 atom stereocenters. The number of rotatable bonds is 5. The second-order valence-electron chi connectivity index (χ2n) is 4.57. The van der Waals surface area contributed by atoms with Crippen LogP contribution in [0.1, 0.15) is 25.7 Å². The van der Waals surface area contributed by atoms with Gasteiger partial charge in [-0.3, -0.25) is 0 Å². The van der Waals surface area contributed by atoms with Gasteiger partial charge in [0.25, 0.3) is 0 Å². The highest BCUT2D eigenvalue weighted by atomic mass is 32.2. The van der Waals surface area contributed by atoms with Crippen LogP contribution in [-0.2, 0) is 0 Å². The molecule has 1 aliphatic carbocycles. The van der Waals surface area contributed by atoms with E-state index in [1.165, 1.54) is 17.7 Å². The summed E-state index contributed by atoms with van der Waals surface area (Å²) in [5, 5.41) is 13.3. The molecule has 0 unspecified atom stereocenters. The van der Waals surface area contributed by atoms with E-state index < -0.39 is 0 Å². The third-order valence-corrected chi connectivity index (χ3v) is 4.26. The molecule has 3 heteroatoms. The lowest BCUT2D eigenvalue weighted by Gasteiger charge is -2.28. The lowest BCUT2D eigenvalue weighted by atomic mass is 9.93. The van der Waals surface area contributed by atoms with Crippen LogP contribution in [-0.4, -0.2) is 29.5 Å². The second kappa shape index (κ2) is 7.04. The molecule has 1 fully saturated rings. The van der Waals surface area contributed by atoms with Crippen LogP contribution in [0.5, 0.6) is 0 Å². The maximum atomic E-state index is 9.82. The molecule has 0 aliphatic heterocycles. The summed E-state index contributed by atoms with van der Waals surface area (Å²) in [6, 6.07) is 10.8. The second-order valence-corrected chi connectivity index (χ2v) is 5.74. The van der Waals surface area contributed by atoms with Gasteiger partial charge in [-0.2, -0.15) is 0 Å². The highest BCUT2D eigenvalue weighted by Crippen LogP contribution is 2.19. The first-order chi connectivity index (χ1) is 8.36. The Morgan fingerprint density at radius 2 is 1.94 bits per heavy atom. The Labute approximate surface area is 108 Å². The summed E-state index contributed by atoms with van der Waals surface area (Å²) in [4.78, 5) is 1.32. The molecule has 0 heterocycles. The Kier molecular flexibility index (Phi) is 5.36. The minimum absolute atomic E-state index is 0.134. The molecular formula is C14H21NOS. The van der Waals surface area contributed by atoms with Gasteiger partial charge in [-0.05, 0) is 25.0 Å². The predicted octanol–water partition coefficient (Wildman–Crippen LogP) is 2.67. The van der Waals surface area contributed by atoms with Crippen molar-refractivity contribution in [1.82, 2.24) is 5.32 Å². The fourth-order valence-electron chi connectivity index (χ4n) is 2.28. The van der Waals surface area contributed by atoms with Gasteiger partial charge in [-0.15, -0.1) is 11.8 Å². The van der Waals surface area contributed by atoms with Crippen LogP contribution in [0, 0.1) is 0 Å². The van der Waals surface area contributed by atoms with Gasteiger partial charge >= 0.3 is 0 Å². The summed E-state index contributed by atoms with van der Waals surface area (Å²) in [6.45, 7) is 0.973. The van der Waals surface area contributed by atoms with Gasteiger partial charge in [-0.1, -0.05) is 31.0 Å². The van der Waals surface area contributed by atoms with Gasteiger partial charge in [0.2, 0.25) is 0 Å². The molecule has 1 aliphatic rings. The van der Waals surface area contributed by atoms with Crippen LogP contribution in [0.2, 0.25) is 0 Å². The van der Waals surface area contributed by atoms with E-state index in [1.807, 2.05) is 17.8 Å². The van der Waals surface area contributed by atoms with Crippen molar-refractivity contribution in [3.05, 3.63) is 30.3 Å². The zero-order chi connectivity index (χ0) is 11.9. The number of nitrogens with one attached hydrogen (secondary N) is 1. The SMILES string of the molecule is O[C@@H]1CCCC[C@H]1NCCSc1ccccc1. The van der Waals surface area contributed by atoms with E-state index in [2.05, 4.69) is 29.6 Å². The predicted molar refractivity (Wildman–Crippen MR) is 73.4 cm³/mol. The van der Waals surface area contributed by atoms with Crippen molar-refractivity contribution >= 4 is 11.8 Å². The van der Waals surface area contributed by atoms with Crippen molar-refractivity contribution in [2.24, 2.45) is 0 Å². The fourth-order valence-corrected chi connectivity index (χ4v) is 3.08. The third-order valence-electron chi connectivity index (χ3n) is 3.25. The minimum atomic E-state index is -0.134. The van der Waals surface area contributed by atoms with E-state index in [-0.39, 0.29) is 6.10 Å². The van der Waals surface area contributed by atoms with Gasteiger partial charge in [0.15, 0.2) is 0 Å². The molecule has 1 saturated carbocycles. The summed E-state index contributed by atoms with van der Waals surface area (Å²) in [7, 11) is 0. The topological polar surface area (TPSA) is 32.3 Å². The molecule has 1 aromatic rings. The van der Waals surface area contributed by atoms with Crippen LogP contribution < -0.4 is 5.32 Å². The van der Waals surface area contributed by atoms with Crippen molar-refractivity contribution in [2.75, 3.05) is 12.3 Å². The monoisotopic (exact) mass is 251 g/mol. The van der Waals surface area contributed by atoms with E-state index in [9.17, 15) is 5.11 Å². The Bertz CT molecular complexity index is 317. The van der Waals surface area contributed by atoms with Crippen LogP contribution >= 0.6 is 11.8 Å². The molecule has 2 rings (SSSR count). The van der Waals surface area contributed by atoms with E-state index in [1.54, 1.807) is 0 Å². The molecule has 0 saturated heterocycles. The fraction of sp³-hybridized carbons (Fsp3) is 0.571. The van der Waals surface area contributed by atoms with Crippen molar-refractivity contribution < 1.29 is 5.11 Å². The average Bonchev–Trinajstić information content (AvgIpc) is 2.38. The zero-order valence-corrected chi connectivity index (χ0v) is 11.0. The van der Waals surface area contributed by atoms with Crippen molar-refractivity contribution in [3.8, 4) is 0 Å². The number of aliphatic hydroxyl groups is 1. The quantitative estimate of drug-likeness (QED) is 0.623. The number of benzene rings is 1. The molecule has 0 amide bonds. The maximum Gasteiger partial charge on any atom is 0.0693 e. The van der Waals surface area contributed by atoms with Gasteiger partial charge < -0.3 is 10.4 Å². The zero-order valence-electron chi connectivity index (χ0n) is 10.1. The highest BCUT2D eigenvalue weighted by Gasteiger charge is 2.21. The minimum Gasteiger partial charge on any atom is -0.392 e. The Hall–Kier alpha value is -0.510. The largest absolute Gasteiger partial charge is 0.392 e. The first kappa shape index (κ1) is 12.9. The first-order valence-corrected chi connectivity index (χ1v) is 7.44. The van der Waals surface area contributed by atoms with Gasteiger partial charge in [0, 0.05) is 23.2 Å². The summed E-state index contributed by atoms with van der Waals surface area (Å²) < 4.78 is 0. The third kappa shape index (κ3) is 4.34. The molecule has 17 heavy (non-hydrogen) atoms. The van der Waals surface area contributed by atoms with Gasteiger partial charge in [-0.25, -0.2) is 0 Å². The van der Waals surface area contributed by atoms with E-state index >= 15 is 0 Å². The van der Waals surface area contributed by atoms with E-state index in [4.69, 9.17) is 0 Å². The molecule has 1 aromatic carbocycles. The van der Waals surface area contributed by atoms with Crippen LogP contribution in [0.4, 0.5) is 0 Å². The van der Waals surface area contributed by atoms with Crippen LogP contribution in [0.25, 0.3) is 0 Å². The summed E-state index contributed by atoms with van der Waals surface area (Å²) >= 11 is 1.87. The highest BCUT2D eigenvalue weighted by molar-refractivity contribution is 7.99. The smallest absolute Gasteiger partial charge is 0.0693 e. The van der Waals surface area contributed by atoms with Crippen molar-refractivity contribution in [3.63, 3.8) is 0 Å². The first-order valence-electron chi connectivity index (χ1n) is 6.45. The Morgan fingerprint density at radius 3 is 2.71 bits per heavy atom. The summed E-state index contributed by atoms with van der Waals surface area (Å²) in [6.07, 6.45) is 4.38. The standard InChI is InChI=1S/C14H21NOS/c16-14-9-5-4-8-13(14)15-10-11-17-12-6-2-1-3-7-12/h1-3,6-7,13-16H,4-5,8-11H2/t13-,14-/m1/s1. The molecular weight excluding hydrogens is 230 g/mol. The maximum absolute atomic E-state index is 9.82. The van der Waals surface area contributed by atoms with Gasteiger partial charge in [0.05, 0.1) is 6.10 Å². The summed E-state index contributed by atoms with van der Waals surface area (Å²) in [5.41, 5.74) is 0. The molecule has 0 radical (unpaired) electrons. The molecule has 2 N–H and O–H groups in total.